The zero-order chi connectivity index (χ0) is 24.7. The summed E-state index contributed by atoms with van der Waals surface area (Å²) in [6, 6.07) is 10.7. The molecule has 4 heterocycles. The van der Waals surface area contributed by atoms with Gasteiger partial charge in [-0.15, -0.1) is 0 Å². The van der Waals surface area contributed by atoms with Gasteiger partial charge in [-0.25, -0.2) is 9.78 Å². The summed E-state index contributed by atoms with van der Waals surface area (Å²) in [5.41, 5.74) is 4.80. The van der Waals surface area contributed by atoms with Gasteiger partial charge in [-0.05, 0) is 98.0 Å². The molecule has 0 spiro atoms. The molecule has 7 rings (SSSR count). The molecule has 1 aromatic heterocycles. The van der Waals surface area contributed by atoms with Gasteiger partial charge in [0.1, 0.15) is 6.10 Å². The summed E-state index contributed by atoms with van der Waals surface area (Å²) in [4.78, 5) is 20.1. The lowest BCUT2D eigenvalue weighted by Gasteiger charge is -2.44. The Bertz CT molecular complexity index is 1090. The maximum atomic E-state index is 13.1. The molecule has 1 aromatic carbocycles. The van der Waals surface area contributed by atoms with Crippen molar-refractivity contribution < 1.29 is 14.3 Å². The van der Waals surface area contributed by atoms with E-state index in [1.54, 1.807) is 0 Å². The summed E-state index contributed by atoms with van der Waals surface area (Å²) in [6.45, 7) is 8.43. The number of alkyl carbamates (subject to hydrolysis) is 1. The highest BCUT2D eigenvalue weighted by Gasteiger charge is 2.45. The number of pyridine rings is 1. The zero-order valence-corrected chi connectivity index (χ0v) is 21.7. The number of aromatic nitrogens is 1. The normalized spacial score (nSPS) is 27.9. The second kappa shape index (κ2) is 9.70. The number of carbonyl (C=O) groups is 1. The molecule has 36 heavy (non-hydrogen) atoms. The Morgan fingerprint density at radius 2 is 1.86 bits per heavy atom. The van der Waals surface area contributed by atoms with Gasteiger partial charge in [-0.2, -0.15) is 0 Å². The van der Waals surface area contributed by atoms with Crippen molar-refractivity contribution >= 4 is 6.09 Å². The van der Waals surface area contributed by atoms with E-state index in [0.717, 1.165) is 75.4 Å². The number of hydrogen-bond acceptors (Lipinski definition) is 5. The van der Waals surface area contributed by atoms with Gasteiger partial charge >= 0.3 is 6.09 Å². The van der Waals surface area contributed by atoms with E-state index in [0.29, 0.717) is 11.8 Å². The molecule has 1 saturated carbocycles. The molecule has 2 aliphatic carbocycles. The predicted octanol–water partition coefficient (Wildman–Crippen LogP) is 5.76. The highest BCUT2D eigenvalue weighted by atomic mass is 16.6. The van der Waals surface area contributed by atoms with Crippen molar-refractivity contribution in [3.63, 3.8) is 0 Å². The molecule has 192 valence electrons. The van der Waals surface area contributed by atoms with Crippen molar-refractivity contribution in [1.29, 1.82) is 0 Å². The number of hydrogen-bond donors (Lipinski definition) is 1. The van der Waals surface area contributed by atoms with Gasteiger partial charge < -0.3 is 14.8 Å². The van der Waals surface area contributed by atoms with E-state index in [-0.39, 0.29) is 23.7 Å². The number of nitrogens with one attached hydrogen (secondary N) is 1. The predicted molar refractivity (Wildman–Crippen MR) is 140 cm³/mol. The lowest BCUT2D eigenvalue weighted by atomic mass is 9.76. The first kappa shape index (κ1) is 23.8. The molecule has 6 nitrogen and oxygen atoms in total. The molecule has 1 N–H and O–H groups in total. The number of nitrogens with zero attached hydrogens (tertiary/aromatic N) is 2. The van der Waals surface area contributed by atoms with Crippen molar-refractivity contribution in [1.82, 2.24) is 15.2 Å². The van der Waals surface area contributed by atoms with Crippen LogP contribution in [0.1, 0.15) is 69.5 Å². The van der Waals surface area contributed by atoms with Gasteiger partial charge in [0.05, 0.1) is 12.6 Å². The highest BCUT2D eigenvalue weighted by molar-refractivity contribution is 5.70. The van der Waals surface area contributed by atoms with Gasteiger partial charge in [-0.3, -0.25) is 4.90 Å². The van der Waals surface area contributed by atoms with Crippen molar-refractivity contribution in [3.8, 4) is 17.0 Å². The van der Waals surface area contributed by atoms with Crippen LogP contribution in [0.2, 0.25) is 0 Å². The molecule has 2 bridgehead atoms. The van der Waals surface area contributed by atoms with Crippen LogP contribution >= 0.6 is 0 Å². The molecule has 6 heteroatoms. The average Bonchev–Trinajstić information content (AvgIpc) is 3.70. The third-order valence-electron chi connectivity index (χ3n) is 9.37. The number of fused-ring (bicyclic) bond motifs is 4. The van der Waals surface area contributed by atoms with Crippen molar-refractivity contribution in [2.45, 2.75) is 70.9 Å². The Morgan fingerprint density at radius 1 is 1.08 bits per heavy atom. The molecular formula is C30H39N3O3. The van der Waals surface area contributed by atoms with Crippen molar-refractivity contribution in [2.75, 3.05) is 26.2 Å². The minimum atomic E-state index is -0.257. The zero-order valence-electron chi connectivity index (χ0n) is 21.7. The largest absolute Gasteiger partial charge is 0.477 e. The molecule has 0 radical (unpaired) electrons. The van der Waals surface area contributed by atoms with Gasteiger partial charge in [0.15, 0.2) is 0 Å². The van der Waals surface area contributed by atoms with Crippen LogP contribution in [0.3, 0.4) is 0 Å². The van der Waals surface area contributed by atoms with Crippen LogP contribution in [-0.4, -0.2) is 48.3 Å². The number of ether oxygens (including phenoxy) is 2. The minimum absolute atomic E-state index is 0.00774. The second-order valence-corrected chi connectivity index (χ2v) is 11.5. The maximum absolute atomic E-state index is 13.1. The van der Waals surface area contributed by atoms with E-state index in [1.165, 1.54) is 24.0 Å². The average molecular weight is 490 g/mol. The first-order valence-electron chi connectivity index (χ1n) is 14.0. The number of amides is 1. The van der Waals surface area contributed by atoms with E-state index in [4.69, 9.17) is 9.47 Å². The quantitative estimate of drug-likeness (QED) is 0.511. The Balaban J connectivity index is 1.18. The lowest BCUT2D eigenvalue weighted by Crippen LogP contribution is -2.53. The molecule has 4 fully saturated rings. The summed E-state index contributed by atoms with van der Waals surface area (Å²) in [6.07, 6.45) is 9.49. The van der Waals surface area contributed by atoms with E-state index < -0.39 is 0 Å². The van der Waals surface area contributed by atoms with Crippen LogP contribution in [0.4, 0.5) is 4.79 Å². The summed E-state index contributed by atoms with van der Waals surface area (Å²) in [7, 11) is 0. The van der Waals surface area contributed by atoms with Crippen LogP contribution in [0.5, 0.6) is 5.88 Å². The van der Waals surface area contributed by atoms with Crippen LogP contribution in [0.25, 0.3) is 11.1 Å². The Labute approximate surface area is 214 Å². The molecule has 1 unspecified atom stereocenters. The Kier molecular flexibility index (Phi) is 6.40. The third kappa shape index (κ3) is 4.60. The standard InChI is InChI=1S/C30H39N3O3/c1-3-30(4-2)16-24-15-22(23-8-10-27(31-17-23)35-19-20-5-6-20)7-9-25(24)28(30)32-29(34)36-26-18-33-13-11-21(26)12-14-33/h7-10,15,17,20-21,26,28H,3-6,11-14,16,18-19H2,1-2H3,(H,32,34)/t26-,28?/m1/s1. The second-order valence-electron chi connectivity index (χ2n) is 11.5. The molecule has 3 aliphatic heterocycles. The van der Waals surface area contributed by atoms with E-state index in [2.05, 4.69) is 53.3 Å². The molecular weight excluding hydrogens is 450 g/mol. The minimum Gasteiger partial charge on any atom is -0.477 e. The summed E-state index contributed by atoms with van der Waals surface area (Å²) in [5, 5.41) is 3.32. The monoisotopic (exact) mass is 489 g/mol. The van der Waals surface area contributed by atoms with Gasteiger partial charge in [0.2, 0.25) is 5.88 Å². The fraction of sp³-hybridized carbons (Fsp3) is 0.600. The number of carbonyl (C=O) groups excluding carboxylic acids is 1. The first-order chi connectivity index (χ1) is 17.6. The number of rotatable bonds is 8. The number of piperidine rings is 3. The van der Waals surface area contributed by atoms with Gasteiger partial charge in [0, 0.05) is 24.4 Å². The van der Waals surface area contributed by atoms with Crippen LogP contribution in [-0.2, 0) is 11.2 Å². The van der Waals surface area contributed by atoms with E-state index in [9.17, 15) is 4.79 Å². The summed E-state index contributed by atoms with van der Waals surface area (Å²) in [5.74, 6) is 1.93. The van der Waals surface area contributed by atoms with Gasteiger partial charge in [-0.1, -0.05) is 32.0 Å². The lowest BCUT2D eigenvalue weighted by molar-refractivity contribution is -0.0353. The first-order valence-corrected chi connectivity index (χ1v) is 14.0. The highest BCUT2D eigenvalue weighted by Crippen LogP contribution is 2.51. The SMILES string of the molecule is CCC1(CC)Cc2cc(-c3ccc(OCC4CC4)nc3)ccc2C1NC(=O)O[C@@H]1CN2CCC1CC2. The molecule has 5 aliphatic rings. The topological polar surface area (TPSA) is 63.7 Å². The van der Waals surface area contributed by atoms with E-state index in [1.807, 2.05) is 12.3 Å². The van der Waals surface area contributed by atoms with Crippen LogP contribution in [0, 0.1) is 17.3 Å². The molecule has 1 amide bonds. The molecule has 3 saturated heterocycles. The van der Waals surface area contributed by atoms with Crippen molar-refractivity contribution in [3.05, 3.63) is 47.7 Å². The summed E-state index contributed by atoms with van der Waals surface area (Å²) < 4.78 is 11.8. The Hall–Kier alpha value is -2.60. The maximum Gasteiger partial charge on any atom is 0.407 e. The Morgan fingerprint density at radius 3 is 2.50 bits per heavy atom. The van der Waals surface area contributed by atoms with Gasteiger partial charge in [0.25, 0.3) is 0 Å². The van der Waals surface area contributed by atoms with Crippen LogP contribution in [0.15, 0.2) is 36.5 Å². The molecule has 2 atom stereocenters. The third-order valence-corrected chi connectivity index (χ3v) is 9.37. The molecule has 2 aromatic rings. The fourth-order valence-electron chi connectivity index (χ4n) is 6.63. The van der Waals surface area contributed by atoms with E-state index >= 15 is 0 Å². The number of benzene rings is 1. The van der Waals surface area contributed by atoms with Crippen molar-refractivity contribution in [2.24, 2.45) is 17.3 Å². The smallest absolute Gasteiger partial charge is 0.407 e. The van der Waals surface area contributed by atoms with Crippen LogP contribution < -0.4 is 10.1 Å². The summed E-state index contributed by atoms with van der Waals surface area (Å²) >= 11 is 0. The fourth-order valence-corrected chi connectivity index (χ4v) is 6.63.